The number of phenolic OH excluding ortho intramolecular Hbond substituents is 1. The number of allylic oxidation sites excluding steroid dienone is 1. The van der Waals surface area contributed by atoms with Crippen molar-refractivity contribution in [2.45, 2.75) is 6.92 Å². The number of azo groups is 1. The number of aliphatic hydroxyl groups excluding tert-OH is 1. The summed E-state index contributed by atoms with van der Waals surface area (Å²) in [7, 11) is 0. The molecule has 0 spiro atoms. The second-order valence-electron chi connectivity index (χ2n) is 4.88. The summed E-state index contributed by atoms with van der Waals surface area (Å²) in [5, 5.41) is 39.9. The van der Waals surface area contributed by atoms with Gasteiger partial charge in [-0.3, -0.25) is 14.9 Å². The first-order chi connectivity index (χ1) is 11.9. The van der Waals surface area contributed by atoms with Crippen LogP contribution in [0.4, 0.5) is 17.1 Å². The molecule has 0 aliphatic carbocycles. The molecule has 0 radical (unpaired) electrons. The number of para-hydroxylation sites is 1. The molecular weight excluding hydrogens is 328 g/mol. The first-order valence-electron chi connectivity index (χ1n) is 7.04. The Kier molecular flexibility index (Phi) is 5.41. The Labute approximate surface area is 142 Å². The minimum atomic E-state index is -0.722. The molecule has 0 unspecified atom stereocenters. The van der Waals surface area contributed by atoms with Gasteiger partial charge in [0.25, 0.3) is 11.6 Å². The molecule has 2 aromatic carbocycles. The molecule has 0 atom stereocenters. The molecule has 0 aliphatic heterocycles. The van der Waals surface area contributed by atoms with Gasteiger partial charge in [-0.25, -0.2) is 0 Å². The van der Waals surface area contributed by atoms with Gasteiger partial charge in [-0.1, -0.05) is 18.2 Å². The van der Waals surface area contributed by atoms with E-state index in [1.807, 2.05) is 0 Å². The molecule has 9 nitrogen and oxygen atoms in total. The number of non-ortho nitro benzene ring substituents is 1. The third kappa shape index (κ3) is 4.61. The number of aliphatic hydroxyl groups is 1. The van der Waals surface area contributed by atoms with E-state index in [-0.39, 0.29) is 17.1 Å². The number of amides is 1. The number of nitro benzene ring substituents is 1. The number of aromatic hydroxyl groups is 1. The number of rotatable bonds is 5. The van der Waals surface area contributed by atoms with E-state index < -0.39 is 22.3 Å². The van der Waals surface area contributed by atoms with Crippen LogP contribution in [0.1, 0.15) is 6.92 Å². The van der Waals surface area contributed by atoms with E-state index in [1.165, 1.54) is 6.92 Å². The van der Waals surface area contributed by atoms with Crippen LogP contribution in [-0.2, 0) is 4.79 Å². The largest absolute Gasteiger partial charge is 0.510 e. The standard InChI is InChI=1S/C16H14N4O5/c1-10(21)15(16(23)17-11-5-3-2-4-6-11)19-18-13-9-12(20(24)25)7-8-14(13)22/h2-9,21-22H,1H3,(H,17,23)/b15-10+,19-18?. The number of hydrogen-bond donors (Lipinski definition) is 3. The van der Waals surface area contributed by atoms with Crippen LogP contribution in [0.2, 0.25) is 0 Å². The molecule has 1 amide bonds. The number of nitrogens with zero attached hydrogens (tertiary/aromatic N) is 3. The average molecular weight is 342 g/mol. The molecule has 0 aliphatic rings. The number of benzene rings is 2. The molecule has 128 valence electrons. The minimum absolute atomic E-state index is 0.208. The van der Waals surface area contributed by atoms with Crippen molar-refractivity contribution < 1.29 is 19.9 Å². The Hall–Kier alpha value is -3.75. The van der Waals surface area contributed by atoms with Gasteiger partial charge in [0, 0.05) is 17.8 Å². The Bertz CT molecular complexity index is 858. The van der Waals surface area contributed by atoms with Crippen molar-refractivity contribution >= 4 is 23.0 Å². The van der Waals surface area contributed by atoms with Crippen molar-refractivity contribution in [1.29, 1.82) is 0 Å². The zero-order valence-corrected chi connectivity index (χ0v) is 13.1. The van der Waals surface area contributed by atoms with Gasteiger partial charge in [0.2, 0.25) is 0 Å². The third-order valence-corrected chi connectivity index (χ3v) is 3.02. The zero-order valence-electron chi connectivity index (χ0n) is 13.1. The zero-order chi connectivity index (χ0) is 18.4. The molecule has 3 N–H and O–H groups in total. The van der Waals surface area contributed by atoms with Gasteiger partial charge in [-0.05, 0) is 25.1 Å². The minimum Gasteiger partial charge on any atom is -0.510 e. The quantitative estimate of drug-likeness (QED) is 0.249. The van der Waals surface area contributed by atoms with Crippen LogP contribution in [0.25, 0.3) is 0 Å². The molecule has 0 bridgehead atoms. The molecule has 0 saturated heterocycles. The highest BCUT2D eigenvalue weighted by Crippen LogP contribution is 2.31. The maximum Gasteiger partial charge on any atom is 0.279 e. The van der Waals surface area contributed by atoms with Crippen LogP contribution in [0.5, 0.6) is 5.75 Å². The number of nitrogens with one attached hydrogen (secondary N) is 1. The molecule has 2 aromatic rings. The Morgan fingerprint density at radius 2 is 1.88 bits per heavy atom. The summed E-state index contributed by atoms with van der Waals surface area (Å²) in [6.45, 7) is 1.24. The van der Waals surface area contributed by atoms with Crippen molar-refractivity contribution in [3.63, 3.8) is 0 Å². The lowest BCUT2D eigenvalue weighted by Crippen LogP contribution is -2.14. The molecule has 0 aromatic heterocycles. The molecule has 0 heterocycles. The Morgan fingerprint density at radius 3 is 2.48 bits per heavy atom. The molecule has 9 heteroatoms. The van der Waals surface area contributed by atoms with Gasteiger partial charge in [-0.2, -0.15) is 0 Å². The highest BCUT2D eigenvalue weighted by molar-refractivity contribution is 6.03. The number of hydrogen-bond acceptors (Lipinski definition) is 7. The molecule has 25 heavy (non-hydrogen) atoms. The van der Waals surface area contributed by atoms with Crippen molar-refractivity contribution in [2.24, 2.45) is 10.2 Å². The first kappa shape index (κ1) is 17.6. The van der Waals surface area contributed by atoms with E-state index in [0.717, 1.165) is 18.2 Å². The van der Waals surface area contributed by atoms with Crippen molar-refractivity contribution in [1.82, 2.24) is 0 Å². The lowest BCUT2D eigenvalue weighted by atomic mass is 10.2. The summed E-state index contributed by atoms with van der Waals surface area (Å²) in [6, 6.07) is 11.7. The maximum absolute atomic E-state index is 12.2. The van der Waals surface area contributed by atoms with Gasteiger partial charge in [0.05, 0.1) is 4.92 Å². The third-order valence-electron chi connectivity index (χ3n) is 3.02. The maximum atomic E-state index is 12.2. The van der Waals surface area contributed by atoms with E-state index in [0.29, 0.717) is 5.69 Å². The van der Waals surface area contributed by atoms with E-state index in [9.17, 15) is 25.1 Å². The van der Waals surface area contributed by atoms with Crippen molar-refractivity contribution in [3.05, 3.63) is 70.1 Å². The van der Waals surface area contributed by atoms with Gasteiger partial charge >= 0.3 is 0 Å². The summed E-state index contributed by atoms with van der Waals surface area (Å²) >= 11 is 0. The normalized spacial score (nSPS) is 11.9. The average Bonchev–Trinajstić information content (AvgIpc) is 2.57. The summed E-state index contributed by atoms with van der Waals surface area (Å²) in [6.07, 6.45) is 0. The summed E-state index contributed by atoms with van der Waals surface area (Å²) in [5.41, 5.74) is -0.415. The van der Waals surface area contributed by atoms with Gasteiger partial charge < -0.3 is 15.5 Å². The van der Waals surface area contributed by atoms with E-state index >= 15 is 0 Å². The Morgan fingerprint density at radius 1 is 1.20 bits per heavy atom. The summed E-state index contributed by atoms with van der Waals surface area (Å²) in [4.78, 5) is 22.3. The predicted molar refractivity (Wildman–Crippen MR) is 89.7 cm³/mol. The fraction of sp³-hybridized carbons (Fsp3) is 0.0625. The second kappa shape index (κ2) is 7.68. The van der Waals surface area contributed by atoms with Crippen LogP contribution in [-0.4, -0.2) is 21.0 Å². The summed E-state index contributed by atoms with van der Waals surface area (Å²) < 4.78 is 0. The van der Waals surface area contributed by atoms with Crippen molar-refractivity contribution in [3.8, 4) is 5.75 Å². The van der Waals surface area contributed by atoms with Crippen LogP contribution >= 0.6 is 0 Å². The van der Waals surface area contributed by atoms with Gasteiger partial charge in [0.15, 0.2) is 5.70 Å². The number of anilines is 1. The molecular formula is C16H14N4O5. The first-order valence-corrected chi connectivity index (χ1v) is 7.04. The lowest BCUT2D eigenvalue weighted by Gasteiger charge is -2.05. The van der Waals surface area contributed by atoms with Crippen LogP contribution < -0.4 is 5.32 Å². The van der Waals surface area contributed by atoms with Crippen molar-refractivity contribution in [2.75, 3.05) is 5.32 Å². The number of carbonyl (C=O) groups is 1. The van der Waals surface area contributed by atoms with Crippen LogP contribution in [0.15, 0.2) is 70.2 Å². The van der Waals surface area contributed by atoms with Crippen LogP contribution in [0, 0.1) is 10.1 Å². The molecule has 0 fully saturated rings. The highest BCUT2D eigenvalue weighted by Gasteiger charge is 2.15. The number of carbonyl (C=O) groups excluding carboxylic acids is 1. The van der Waals surface area contributed by atoms with Crippen LogP contribution in [0.3, 0.4) is 0 Å². The fourth-order valence-electron chi connectivity index (χ4n) is 1.80. The second-order valence-corrected chi connectivity index (χ2v) is 4.88. The smallest absolute Gasteiger partial charge is 0.279 e. The molecule has 2 rings (SSSR count). The topological polar surface area (TPSA) is 137 Å². The van der Waals surface area contributed by atoms with E-state index in [4.69, 9.17) is 0 Å². The predicted octanol–water partition coefficient (Wildman–Crippen LogP) is 3.81. The highest BCUT2D eigenvalue weighted by atomic mass is 16.6. The Balaban J connectivity index is 2.27. The van der Waals surface area contributed by atoms with E-state index in [1.54, 1.807) is 30.3 Å². The fourth-order valence-corrected chi connectivity index (χ4v) is 1.80. The van der Waals surface area contributed by atoms with E-state index in [2.05, 4.69) is 15.5 Å². The van der Waals surface area contributed by atoms with Gasteiger partial charge in [-0.15, -0.1) is 10.2 Å². The monoisotopic (exact) mass is 342 g/mol. The van der Waals surface area contributed by atoms with Gasteiger partial charge in [0.1, 0.15) is 17.2 Å². The number of nitro groups is 1. The molecule has 0 saturated carbocycles. The lowest BCUT2D eigenvalue weighted by molar-refractivity contribution is -0.384. The SMILES string of the molecule is C/C(O)=C(\N=Nc1cc([N+](=O)[O-])ccc1O)C(=O)Nc1ccccc1. The number of phenols is 1. The summed E-state index contributed by atoms with van der Waals surface area (Å²) in [5.74, 6) is -1.48.